The molecule has 0 saturated carbocycles. The molecule has 1 fully saturated rings. The lowest BCUT2D eigenvalue weighted by atomic mass is 10.1. The second kappa shape index (κ2) is 10.2. The summed E-state index contributed by atoms with van der Waals surface area (Å²) in [6.07, 6.45) is 0. The van der Waals surface area contributed by atoms with Gasteiger partial charge in [-0.15, -0.1) is 12.4 Å². The van der Waals surface area contributed by atoms with E-state index in [-0.39, 0.29) is 18.3 Å². The number of ether oxygens (including phenoxy) is 4. The number of nitrogens with zero attached hydrogens (tertiary/aromatic N) is 1. The number of halogens is 1. The van der Waals surface area contributed by atoms with Crippen molar-refractivity contribution >= 4 is 18.3 Å². The lowest BCUT2D eigenvalue weighted by Gasteiger charge is -2.26. The Morgan fingerprint density at radius 1 is 1.12 bits per heavy atom. The molecule has 2 rings (SSSR count). The Kier molecular flexibility index (Phi) is 8.67. The van der Waals surface area contributed by atoms with Crippen molar-refractivity contribution in [2.45, 2.75) is 0 Å². The van der Waals surface area contributed by atoms with E-state index in [1.165, 1.54) is 21.3 Å². The molecule has 1 saturated heterocycles. The number of morpholine rings is 1. The summed E-state index contributed by atoms with van der Waals surface area (Å²) < 4.78 is 21.1. The smallest absolute Gasteiger partial charge is 0.251 e. The van der Waals surface area contributed by atoms with Crippen molar-refractivity contribution < 1.29 is 23.7 Å². The van der Waals surface area contributed by atoms with Crippen molar-refractivity contribution in [2.24, 2.45) is 0 Å². The summed E-state index contributed by atoms with van der Waals surface area (Å²) in [5.74, 6) is 1.23. The lowest BCUT2D eigenvalue weighted by molar-refractivity contribution is 0.0383. The minimum Gasteiger partial charge on any atom is -0.493 e. The molecule has 1 aromatic carbocycles. The molecule has 7 nitrogen and oxygen atoms in total. The summed E-state index contributed by atoms with van der Waals surface area (Å²) in [6.45, 7) is 4.69. The van der Waals surface area contributed by atoms with E-state index >= 15 is 0 Å². The molecule has 1 N–H and O–H groups in total. The molecule has 0 aromatic heterocycles. The highest BCUT2D eigenvalue weighted by Crippen LogP contribution is 2.38. The number of rotatable bonds is 7. The van der Waals surface area contributed by atoms with Crippen LogP contribution >= 0.6 is 12.4 Å². The molecule has 0 atom stereocenters. The number of amides is 1. The van der Waals surface area contributed by atoms with Gasteiger partial charge in [0.2, 0.25) is 5.75 Å². The highest BCUT2D eigenvalue weighted by Gasteiger charge is 2.17. The first-order valence-electron chi connectivity index (χ1n) is 7.58. The van der Waals surface area contributed by atoms with Crippen molar-refractivity contribution in [2.75, 3.05) is 60.7 Å². The number of methoxy groups -OCH3 is 3. The number of carbonyl (C=O) groups excluding carboxylic acids is 1. The molecule has 0 aliphatic carbocycles. The quantitative estimate of drug-likeness (QED) is 0.788. The van der Waals surface area contributed by atoms with Gasteiger partial charge in [-0.3, -0.25) is 9.69 Å². The summed E-state index contributed by atoms with van der Waals surface area (Å²) in [5.41, 5.74) is 0.474. The van der Waals surface area contributed by atoms with Crippen LogP contribution in [-0.4, -0.2) is 71.5 Å². The van der Waals surface area contributed by atoms with Crippen LogP contribution in [0.2, 0.25) is 0 Å². The predicted octanol–water partition coefficient (Wildman–Crippen LogP) is 1.20. The van der Waals surface area contributed by atoms with Crippen molar-refractivity contribution in [3.8, 4) is 17.2 Å². The summed E-state index contributed by atoms with van der Waals surface area (Å²) in [4.78, 5) is 14.6. The van der Waals surface area contributed by atoms with Gasteiger partial charge in [0, 0.05) is 31.7 Å². The topological polar surface area (TPSA) is 69.3 Å². The Hall–Kier alpha value is -1.70. The largest absolute Gasteiger partial charge is 0.493 e. The molecule has 0 spiro atoms. The normalized spacial score (nSPS) is 14.5. The van der Waals surface area contributed by atoms with Gasteiger partial charge in [0.15, 0.2) is 11.5 Å². The molecule has 0 radical (unpaired) electrons. The maximum absolute atomic E-state index is 12.3. The first-order valence-corrected chi connectivity index (χ1v) is 7.58. The van der Waals surface area contributed by atoms with Gasteiger partial charge in [0.1, 0.15) is 0 Å². The Bertz CT molecular complexity index is 510. The van der Waals surface area contributed by atoms with Crippen LogP contribution in [0.3, 0.4) is 0 Å². The summed E-state index contributed by atoms with van der Waals surface area (Å²) in [5, 5.41) is 2.91. The third-order valence-corrected chi connectivity index (χ3v) is 3.74. The molecule has 8 heteroatoms. The van der Waals surface area contributed by atoms with Gasteiger partial charge in [-0.2, -0.15) is 0 Å². The Labute approximate surface area is 148 Å². The SMILES string of the molecule is COc1cc(C(=O)NCCN2CCOCC2)cc(OC)c1OC.Cl. The van der Waals surface area contributed by atoms with Crippen molar-refractivity contribution in [3.05, 3.63) is 17.7 Å². The molecule has 1 heterocycles. The fourth-order valence-corrected chi connectivity index (χ4v) is 2.47. The molecule has 1 aliphatic rings. The molecule has 1 aliphatic heterocycles. The summed E-state index contributed by atoms with van der Waals surface area (Å²) >= 11 is 0. The van der Waals surface area contributed by atoms with E-state index in [0.29, 0.717) is 29.4 Å². The highest BCUT2D eigenvalue weighted by atomic mass is 35.5. The Morgan fingerprint density at radius 2 is 1.71 bits per heavy atom. The van der Waals surface area contributed by atoms with Gasteiger partial charge in [0.05, 0.1) is 34.5 Å². The van der Waals surface area contributed by atoms with Crippen molar-refractivity contribution in [3.63, 3.8) is 0 Å². The van der Waals surface area contributed by atoms with E-state index in [2.05, 4.69) is 10.2 Å². The van der Waals surface area contributed by atoms with Crippen molar-refractivity contribution in [1.29, 1.82) is 0 Å². The maximum Gasteiger partial charge on any atom is 0.251 e. The third-order valence-electron chi connectivity index (χ3n) is 3.74. The van der Waals surface area contributed by atoms with Gasteiger partial charge >= 0.3 is 0 Å². The second-order valence-electron chi connectivity index (χ2n) is 5.12. The first kappa shape index (κ1) is 20.3. The zero-order chi connectivity index (χ0) is 16.7. The van der Waals surface area contributed by atoms with E-state index in [1.54, 1.807) is 12.1 Å². The average Bonchev–Trinajstić information content (AvgIpc) is 2.61. The minimum absolute atomic E-state index is 0. The molecule has 0 unspecified atom stereocenters. The number of hydrogen-bond donors (Lipinski definition) is 1. The molecule has 1 amide bonds. The molecule has 1 aromatic rings. The standard InChI is InChI=1S/C16H24N2O5.ClH/c1-20-13-10-12(11-14(21-2)15(13)22-3)16(19)17-4-5-18-6-8-23-9-7-18;/h10-11H,4-9H2,1-3H3,(H,17,19);1H. The minimum atomic E-state index is -0.169. The monoisotopic (exact) mass is 360 g/mol. The predicted molar refractivity (Wildman–Crippen MR) is 92.9 cm³/mol. The van der Waals surface area contributed by atoms with E-state index < -0.39 is 0 Å². The summed E-state index contributed by atoms with van der Waals surface area (Å²) in [6, 6.07) is 3.29. The van der Waals surface area contributed by atoms with Crippen LogP contribution in [0.4, 0.5) is 0 Å². The van der Waals surface area contributed by atoms with Gasteiger partial charge < -0.3 is 24.3 Å². The first-order chi connectivity index (χ1) is 11.2. The third kappa shape index (κ3) is 5.15. The number of benzene rings is 1. The average molecular weight is 361 g/mol. The van der Waals surface area contributed by atoms with Crippen LogP contribution in [0.15, 0.2) is 12.1 Å². The zero-order valence-corrected chi connectivity index (χ0v) is 15.1. The fourth-order valence-electron chi connectivity index (χ4n) is 2.47. The van der Waals surface area contributed by atoms with Gasteiger partial charge in [0.25, 0.3) is 5.91 Å². The molecule has 0 bridgehead atoms. The van der Waals surface area contributed by atoms with Crippen LogP contribution in [0.5, 0.6) is 17.2 Å². The number of nitrogens with one attached hydrogen (secondary N) is 1. The maximum atomic E-state index is 12.3. The van der Waals surface area contributed by atoms with E-state index in [1.807, 2.05) is 0 Å². The number of carbonyl (C=O) groups is 1. The lowest BCUT2D eigenvalue weighted by Crippen LogP contribution is -2.41. The molecular formula is C16H25ClN2O5. The molecular weight excluding hydrogens is 336 g/mol. The second-order valence-corrected chi connectivity index (χ2v) is 5.12. The zero-order valence-electron chi connectivity index (χ0n) is 14.3. The van der Waals surface area contributed by atoms with Crippen LogP contribution in [-0.2, 0) is 4.74 Å². The van der Waals surface area contributed by atoms with Gasteiger partial charge in [-0.1, -0.05) is 0 Å². The van der Waals surface area contributed by atoms with Crippen LogP contribution in [0.25, 0.3) is 0 Å². The van der Waals surface area contributed by atoms with Gasteiger partial charge in [-0.05, 0) is 12.1 Å². The Morgan fingerprint density at radius 3 is 2.21 bits per heavy atom. The fraction of sp³-hybridized carbons (Fsp3) is 0.562. The highest BCUT2D eigenvalue weighted by molar-refractivity contribution is 5.95. The van der Waals surface area contributed by atoms with Crippen LogP contribution < -0.4 is 19.5 Å². The number of hydrogen-bond acceptors (Lipinski definition) is 6. The molecule has 24 heavy (non-hydrogen) atoms. The van der Waals surface area contributed by atoms with E-state index in [0.717, 1.165) is 32.8 Å². The molecule has 136 valence electrons. The van der Waals surface area contributed by atoms with Gasteiger partial charge in [-0.25, -0.2) is 0 Å². The van der Waals surface area contributed by atoms with E-state index in [9.17, 15) is 4.79 Å². The van der Waals surface area contributed by atoms with E-state index in [4.69, 9.17) is 18.9 Å². The Balaban J connectivity index is 0.00000288. The van der Waals surface area contributed by atoms with Crippen LogP contribution in [0, 0.1) is 0 Å². The summed E-state index contributed by atoms with van der Waals surface area (Å²) in [7, 11) is 4.58. The van der Waals surface area contributed by atoms with Crippen LogP contribution in [0.1, 0.15) is 10.4 Å². The van der Waals surface area contributed by atoms with Crippen molar-refractivity contribution in [1.82, 2.24) is 10.2 Å².